The summed E-state index contributed by atoms with van der Waals surface area (Å²) in [6, 6.07) is 11.9. The van der Waals surface area contributed by atoms with Crippen LogP contribution in [0, 0.1) is 0 Å². The molecule has 9 heteroatoms. The number of methoxy groups -OCH3 is 1. The van der Waals surface area contributed by atoms with Crippen LogP contribution in [0.1, 0.15) is 36.6 Å². The van der Waals surface area contributed by atoms with E-state index in [9.17, 15) is 14.4 Å². The minimum atomic E-state index is -0.408. The molecular weight excluding hydrogens is 434 g/mol. The van der Waals surface area contributed by atoms with Gasteiger partial charge in [-0.2, -0.15) is 0 Å². The number of halogens is 1. The molecule has 0 bridgehead atoms. The number of carbonyl (C=O) groups is 3. The summed E-state index contributed by atoms with van der Waals surface area (Å²) in [6.07, 6.45) is 0. The maximum atomic E-state index is 12.9. The van der Waals surface area contributed by atoms with Crippen molar-refractivity contribution in [2.45, 2.75) is 6.54 Å². The second kappa shape index (κ2) is 10.6. The first-order valence-electron chi connectivity index (χ1n) is 10.3. The molecule has 0 unspecified atom stereocenters. The minimum Gasteiger partial charge on any atom is -0.496 e. The van der Waals surface area contributed by atoms with Crippen LogP contribution in [-0.4, -0.2) is 74.0 Å². The number of amides is 3. The van der Waals surface area contributed by atoms with Crippen LogP contribution in [0.2, 0.25) is 0 Å². The van der Waals surface area contributed by atoms with Gasteiger partial charge in [0.15, 0.2) is 0 Å². The molecule has 4 rings (SSSR count). The number of hydrogen-bond acceptors (Lipinski definition) is 6. The van der Waals surface area contributed by atoms with E-state index in [-0.39, 0.29) is 36.3 Å². The molecule has 0 aromatic heterocycles. The van der Waals surface area contributed by atoms with Gasteiger partial charge in [0.1, 0.15) is 5.75 Å². The van der Waals surface area contributed by atoms with Crippen molar-refractivity contribution in [2.24, 2.45) is 0 Å². The molecule has 2 aromatic rings. The highest BCUT2D eigenvalue weighted by molar-refractivity contribution is 6.22. The average molecular weight is 460 g/mol. The molecule has 0 aliphatic carbocycles. The maximum Gasteiger partial charge on any atom is 0.261 e. The van der Waals surface area contributed by atoms with Gasteiger partial charge < -0.3 is 14.8 Å². The SMILES string of the molecule is COc1ccccc1CN1C(=O)c2ccc(C(=O)NCCN3CCOCC3)cc2C1=O.Cl. The third kappa shape index (κ3) is 4.93. The zero-order valence-corrected chi connectivity index (χ0v) is 18.7. The number of ether oxygens (including phenoxy) is 2. The Morgan fingerprint density at radius 1 is 1.06 bits per heavy atom. The molecule has 0 saturated carbocycles. The lowest BCUT2D eigenvalue weighted by Crippen LogP contribution is -2.41. The van der Waals surface area contributed by atoms with Crippen molar-refractivity contribution in [3.8, 4) is 5.75 Å². The van der Waals surface area contributed by atoms with E-state index in [1.54, 1.807) is 25.3 Å². The molecule has 0 radical (unpaired) electrons. The number of nitrogens with zero attached hydrogens (tertiary/aromatic N) is 2. The number of fused-ring (bicyclic) bond motifs is 1. The molecule has 1 fully saturated rings. The summed E-state index contributed by atoms with van der Waals surface area (Å²) in [4.78, 5) is 41.7. The number of para-hydroxylation sites is 1. The Hall–Kier alpha value is -2.94. The molecule has 2 heterocycles. The molecule has 2 aliphatic heterocycles. The van der Waals surface area contributed by atoms with E-state index in [1.165, 1.54) is 11.0 Å². The third-order valence-electron chi connectivity index (χ3n) is 5.57. The normalized spacial score (nSPS) is 15.8. The van der Waals surface area contributed by atoms with Gasteiger partial charge in [-0.3, -0.25) is 24.2 Å². The summed E-state index contributed by atoms with van der Waals surface area (Å²) in [7, 11) is 1.55. The molecule has 1 saturated heterocycles. The summed E-state index contributed by atoms with van der Waals surface area (Å²) in [5.41, 5.74) is 1.66. The molecule has 32 heavy (non-hydrogen) atoms. The summed E-state index contributed by atoms with van der Waals surface area (Å²) < 4.78 is 10.6. The first-order valence-corrected chi connectivity index (χ1v) is 10.3. The summed E-state index contributed by atoms with van der Waals surface area (Å²) >= 11 is 0. The van der Waals surface area contributed by atoms with Crippen molar-refractivity contribution in [2.75, 3.05) is 46.5 Å². The molecule has 2 aliphatic rings. The molecular formula is C23H26ClN3O5. The zero-order valence-electron chi connectivity index (χ0n) is 17.8. The number of benzene rings is 2. The first kappa shape index (κ1) is 23.7. The van der Waals surface area contributed by atoms with Crippen LogP contribution in [-0.2, 0) is 11.3 Å². The first-order chi connectivity index (χ1) is 15.1. The second-order valence-corrected chi connectivity index (χ2v) is 7.48. The van der Waals surface area contributed by atoms with Crippen LogP contribution >= 0.6 is 12.4 Å². The van der Waals surface area contributed by atoms with Gasteiger partial charge in [0.05, 0.1) is 38.0 Å². The predicted molar refractivity (Wildman–Crippen MR) is 120 cm³/mol. The molecule has 0 atom stereocenters. The minimum absolute atomic E-state index is 0. The average Bonchev–Trinajstić information content (AvgIpc) is 3.04. The second-order valence-electron chi connectivity index (χ2n) is 7.48. The molecule has 170 valence electrons. The lowest BCUT2D eigenvalue weighted by molar-refractivity contribution is 0.0383. The van der Waals surface area contributed by atoms with E-state index in [0.29, 0.717) is 36.6 Å². The fourth-order valence-corrected chi connectivity index (χ4v) is 3.83. The van der Waals surface area contributed by atoms with Gasteiger partial charge in [-0.1, -0.05) is 18.2 Å². The molecule has 1 N–H and O–H groups in total. The molecule has 8 nitrogen and oxygen atoms in total. The van der Waals surface area contributed by atoms with E-state index in [4.69, 9.17) is 9.47 Å². The van der Waals surface area contributed by atoms with Gasteiger partial charge >= 0.3 is 0 Å². The number of hydrogen-bond donors (Lipinski definition) is 1. The van der Waals surface area contributed by atoms with E-state index in [0.717, 1.165) is 25.2 Å². The number of carbonyl (C=O) groups excluding carboxylic acids is 3. The van der Waals surface area contributed by atoms with Gasteiger partial charge in [-0.25, -0.2) is 0 Å². The predicted octanol–water partition coefficient (Wildman–Crippen LogP) is 1.98. The van der Waals surface area contributed by atoms with Crippen molar-refractivity contribution in [1.29, 1.82) is 0 Å². The Morgan fingerprint density at radius 3 is 2.53 bits per heavy atom. The zero-order chi connectivity index (χ0) is 21.8. The van der Waals surface area contributed by atoms with Crippen molar-refractivity contribution in [3.05, 3.63) is 64.7 Å². The lowest BCUT2D eigenvalue weighted by atomic mass is 10.1. The third-order valence-corrected chi connectivity index (χ3v) is 5.57. The van der Waals surface area contributed by atoms with E-state index in [1.807, 2.05) is 18.2 Å². The van der Waals surface area contributed by atoms with E-state index < -0.39 is 5.91 Å². The standard InChI is InChI=1S/C23H25N3O5.ClH/c1-30-20-5-3-2-4-17(20)15-26-22(28)18-7-6-16(14-19(18)23(26)29)21(27)24-8-9-25-10-12-31-13-11-25;/h2-7,14H,8-13,15H2,1H3,(H,24,27);1H. The van der Waals surface area contributed by atoms with Crippen molar-refractivity contribution >= 4 is 30.1 Å². The highest BCUT2D eigenvalue weighted by Crippen LogP contribution is 2.28. The number of nitrogens with one attached hydrogen (secondary N) is 1. The maximum absolute atomic E-state index is 12.9. The van der Waals surface area contributed by atoms with Crippen molar-refractivity contribution < 1.29 is 23.9 Å². The Kier molecular flexibility index (Phi) is 7.84. The summed E-state index contributed by atoms with van der Waals surface area (Å²) in [5, 5.41) is 2.88. The largest absolute Gasteiger partial charge is 0.496 e. The summed E-state index contributed by atoms with van der Waals surface area (Å²) in [5.74, 6) is -0.432. The van der Waals surface area contributed by atoms with Crippen LogP contribution in [0.5, 0.6) is 5.75 Å². The van der Waals surface area contributed by atoms with Gasteiger partial charge in [-0.15, -0.1) is 12.4 Å². The van der Waals surface area contributed by atoms with Crippen molar-refractivity contribution in [1.82, 2.24) is 15.1 Å². The Balaban J connectivity index is 0.00000289. The Morgan fingerprint density at radius 2 is 1.78 bits per heavy atom. The number of imide groups is 1. The molecule has 0 spiro atoms. The monoisotopic (exact) mass is 459 g/mol. The fourth-order valence-electron chi connectivity index (χ4n) is 3.83. The van der Waals surface area contributed by atoms with Gasteiger partial charge in [0, 0.05) is 37.3 Å². The Bertz CT molecular complexity index is 1010. The van der Waals surface area contributed by atoms with Crippen molar-refractivity contribution in [3.63, 3.8) is 0 Å². The van der Waals surface area contributed by atoms with E-state index >= 15 is 0 Å². The fraction of sp³-hybridized carbons (Fsp3) is 0.348. The quantitative estimate of drug-likeness (QED) is 0.637. The lowest BCUT2D eigenvalue weighted by Gasteiger charge is -2.26. The highest BCUT2D eigenvalue weighted by Gasteiger charge is 2.36. The van der Waals surface area contributed by atoms with Crippen LogP contribution in [0.4, 0.5) is 0 Å². The smallest absolute Gasteiger partial charge is 0.261 e. The van der Waals surface area contributed by atoms with E-state index in [2.05, 4.69) is 10.2 Å². The Labute approximate surface area is 192 Å². The molecule has 2 aromatic carbocycles. The summed E-state index contributed by atoms with van der Waals surface area (Å²) in [6.45, 7) is 4.48. The number of rotatable bonds is 7. The highest BCUT2D eigenvalue weighted by atomic mass is 35.5. The van der Waals surface area contributed by atoms with Crippen LogP contribution in [0.15, 0.2) is 42.5 Å². The molecule has 3 amide bonds. The topological polar surface area (TPSA) is 88.2 Å². The number of morpholine rings is 1. The van der Waals surface area contributed by atoms with Crippen LogP contribution < -0.4 is 10.1 Å². The van der Waals surface area contributed by atoms with Crippen LogP contribution in [0.3, 0.4) is 0 Å². The van der Waals surface area contributed by atoms with Crippen LogP contribution in [0.25, 0.3) is 0 Å². The van der Waals surface area contributed by atoms with Gasteiger partial charge in [0.25, 0.3) is 17.7 Å². The van der Waals surface area contributed by atoms with Gasteiger partial charge in [-0.05, 0) is 24.3 Å². The van der Waals surface area contributed by atoms with Gasteiger partial charge in [0.2, 0.25) is 0 Å².